The number of aliphatic imine (C=N–C) groups is 1. The van der Waals surface area contributed by atoms with Gasteiger partial charge in [-0.15, -0.1) is 24.0 Å². The number of rotatable bonds is 8. The molecule has 0 unspecified atom stereocenters. The second-order valence-electron chi connectivity index (χ2n) is 6.75. The van der Waals surface area contributed by atoms with Gasteiger partial charge < -0.3 is 10.6 Å². The lowest BCUT2D eigenvalue weighted by Gasteiger charge is -2.19. The molecule has 0 aliphatic heterocycles. The average molecular weight is 447 g/mol. The number of hydrogen-bond donors (Lipinski definition) is 2. The molecule has 0 aliphatic carbocycles. The standard InChI is InChI=1S/C15H33N3O2S.HI/c1-13(2)9-7-8-10-17-14(16-6)18-11-12-21(19,20)15(3,4)5;/h13H,7-12H2,1-6H3,(H2,16,17,18);1H. The van der Waals surface area contributed by atoms with Gasteiger partial charge in [-0.25, -0.2) is 8.42 Å². The van der Waals surface area contributed by atoms with Gasteiger partial charge in [-0.1, -0.05) is 26.7 Å². The van der Waals surface area contributed by atoms with E-state index in [2.05, 4.69) is 29.5 Å². The van der Waals surface area contributed by atoms with Gasteiger partial charge in [0.15, 0.2) is 15.8 Å². The minimum Gasteiger partial charge on any atom is -0.356 e. The Morgan fingerprint density at radius 2 is 1.64 bits per heavy atom. The van der Waals surface area contributed by atoms with Gasteiger partial charge in [-0.2, -0.15) is 0 Å². The van der Waals surface area contributed by atoms with Crippen molar-refractivity contribution < 1.29 is 8.42 Å². The fourth-order valence-corrected chi connectivity index (χ4v) is 2.70. The van der Waals surface area contributed by atoms with Gasteiger partial charge in [0.2, 0.25) is 0 Å². The number of guanidine groups is 1. The molecule has 0 aliphatic rings. The zero-order valence-corrected chi connectivity index (χ0v) is 18.0. The minimum atomic E-state index is -3.09. The van der Waals surface area contributed by atoms with Crippen LogP contribution in [0.25, 0.3) is 0 Å². The molecule has 0 rings (SSSR count). The summed E-state index contributed by atoms with van der Waals surface area (Å²) >= 11 is 0. The number of nitrogens with one attached hydrogen (secondary N) is 2. The van der Waals surface area contributed by atoms with Crippen molar-refractivity contribution in [2.24, 2.45) is 10.9 Å². The van der Waals surface area contributed by atoms with E-state index < -0.39 is 14.6 Å². The quantitative estimate of drug-likeness (QED) is 0.260. The largest absolute Gasteiger partial charge is 0.356 e. The highest BCUT2D eigenvalue weighted by molar-refractivity contribution is 14.0. The predicted octanol–water partition coefficient (Wildman–Crippen LogP) is 2.81. The highest BCUT2D eigenvalue weighted by atomic mass is 127. The normalized spacial score (nSPS) is 13.0. The Morgan fingerprint density at radius 3 is 2.09 bits per heavy atom. The Bertz CT molecular complexity index is 415. The zero-order valence-electron chi connectivity index (χ0n) is 14.9. The number of halogens is 1. The van der Waals surface area contributed by atoms with Crippen LogP contribution in [0, 0.1) is 5.92 Å². The minimum absolute atomic E-state index is 0. The third-order valence-electron chi connectivity index (χ3n) is 3.32. The molecule has 0 spiro atoms. The van der Waals surface area contributed by atoms with Crippen LogP contribution in [-0.2, 0) is 9.84 Å². The molecule has 0 aromatic carbocycles. The molecule has 7 heteroatoms. The SMILES string of the molecule is CN=C(NCCCCC(C)C)NCCS(=O)(=O)C(C)(C)C.I. The lowest BCUT2D eigenvalue weighted by Crippen LogP contribution is -2.42. The second kappa shape index (κ2) is 11.5. The molecule has 0 aromatic heterocycles. The van der Waals surface area contributed by atoms with Gasteiger partial charge in [0.05, 0.1) is 10.5 Å². The molecule has 22 heavy (non-hydrogen) atoms. The molecular formula is C15H34IN3O2S. The molecule has 2 N–H and O–H groups in total. The van der Waals surface area contributed by atoms with Gasteiger partial charge in [0.25, 0.3) is 0 Å². The molecular weight excluding hydrogens is 413 g/mol. The third-order valence-corrected chi connectivity index (χ3v) is 5.93. The van der Waals surface area contributed by atoms with Crippen LogP contribution >= 0.6 is 24.0 Å². The molecule has 5 nitrogen and oxygen atoms in total. The van der Waals surface area contributed by atoms with Crippen LogP contribution in [0.1, 0.15) is 53.9 Å². The first-order valence-electron chi connectivity index (χ1n) is 7.77. The van der Waals surface area contributed by atoms with E-state index in [-0.39, 0.29) is 29.7 Å². The van der Waals surface area contributed by atoms with Gasteiger partial charge in [-0.05, 0) is 33.1 Å². The van der Waals surface area contributed by atoms with Crippen LogP contribution in [0.2, 0.25) is 0 Å². The Balaban J connectivity index is 0. The van der Waals surface area contributed by atoms with Crippen LogP contribution in [0.5, 0.6) is 0 Å². The van der Waals surface area contributed by atoms with E-state index in [1.165, 1.54) is 12.8 Å². The summed E-state index contributed by atoms with van der Waals surface area (Å²) < 4.78 is 23.3. The van der Waals surface area contributed by atoms with Crippen molar-refractivity contribution in [3.8, 4) is 0 Å². The molecule has 0 saturated heterocycles. The molecule has 0 radical (unpaired) electrons. The van der Waals surface area contributed by atoms with E-state index in [0.717, 1.165) is 18.9 Å². The van der Waals surface area contributed by atoms with E-state index >= 15 is 0 Å². The van der Waals surface area contributed by atoms with E-state index in [9.17, 15) is 8.42 Å². The van der Waals surface area contributed by atoms with Gasteiger partial charge in [0, 0.05) is 20.1 Å². The summed E-state index contributed by atoms with van der Waals surface area (Å²) in [6.07, 6.45) is 3.52. The first kappa shape index (κ1) is 24.2. The number of unbranched alkanes of at least 4 members (excludes halogenated alkanes) is 1. The summed E-state index contributed by atoms with van der Waals surface area (Å²) in [7, 11) is -1.39. The monoisotopic (exact) mass is 447 g/mol. The van der Waals surface area contributed by atoms with E-state index in [0.29, 0.717) is 12.5 Å². The van der Waals surface area contributed by atoms with E-state index in [1.807, 2.05) is 0 Å². The number of sulfone groups is 1. The summed E-state index contributed by atoms with van der Waals surface area (Å²) in [5, 5.41) is 6.27. The molecule has 0 heterocycles. The lowest BCUT2D eigenvalue weighted by atomic mass is 10.1. The third kappa shape index (κ3) is 10.6. The molecule has 0 atom stereocenters. The van der Waals surface area contributed by atoms with Gasteiger partial charge in [-0.3, -0.25) is 4.99 Å². The van der Waals surface area contributed by atoms with Crippen molar-refractivity contribution >= 4 is 39.8 Å². The van der Waals surface area contributed by atoms with Crippen molar-refractivity contribution in [1.29, 1.82) is 0 Å². The Hall–Kier alpha value is -0.0500. The molecule has 0 bridgehead atoms. The first-order valence-corrected chi connectivity index (χ1v) is 9.42. The molecule has 0 amide bonds. The number of hydrogen-bond acceptors (Lipinski definition) is 3. The summed E-state index contributed by atoms with van der Waals surface area (Å²) in [5.74, 6) is 1.53. The highest BCUT2D eigenvalue weighted by Gasteiger charge is 2.28. The van der Waals surface area contributed by atoms with Gasteiger partial charge >= 0.3 is 0 Å². The highest BCUT2D eigenvalue weighted by Crippen LogP contribution is 2.15. The Kier molecular flexibility index (Phi) is 12.6. The van der Waals surface area contributed by atoms with Crippen LogP contribution in [-0.4, -0.2) is 45.0 Å². The summed E-state index contributed by atoms with van der Waals surface area (Å²) in [6, 6.07) is 0. The summed E-state index contributed by atoms with van der Waals surface area (Å²) in [4.78, 5) is 4.10. The molecule has 0 fully saturated rings. The van der Waals surface area contributed by atoms with Crippen LogP contribution in [0.4, 0.5) is 0 Å². The smallest absolute Gasteiger partial charge is 0.191 e. The maximum atomic E-state index is 12.0. The van der Waals surface area contributed by atoms with Crippen LogP contribution < -0.4 is 10.6 Å². The maximum Gasteiger partial charge on any atom is 0.191 e. The van der Waals surface area contributed by atoms with E-state index in [1.54, 1.807) is 27.8 Å². The number of nitrogens with zero attached hydrogens (tertiary/aromatic N) is 1. The fourth-order valence-electron chi connectivity index (χ4n) is 1.71. The zero-order chi connectivity index (χ0) is 16.5. The van der Waals surface area contributed by atoms with Crippen molar-refractivity contribution in [1.82, 2.24) is 10.6 Å². The topological polar surface area (TPSA) is 70.6 Å². The van der Waals surface area contributed by atoms with Crippen molar-refractivity contribution in [3.63, 3.8) is 0 Å². The first-order chi connectivity index (χ1) is 9.60. The molecule has 0 saturated carbocycles. The van der Waals surface area contributed by atoms with E-state index in [4.69, 9.17) is 0 Å². The Morgan fingerprint density at radius 1 is 1.09 bits per heavy atom. The second-order valence-corrected chi connectivity index (χ2v) is 9.61. The van der Waals surface area contributed by atoms with Crippen LogP contribution in [0.15, 0.2) is 4.99 Å². The average Bonchev–Trinajstić information content (AvgIpc) is 2.34. The predicted molar refractivity (Wildman–Crippen MR) is 107 cm³/mol. The van der Waals surface area contributed by atoms with Crippen molar-refractivity contribution in [3.05, 3.63) is 0 Å². The fraction of sp³-hybridized carbons (Fsp3) is 0.933. The van der Waals surface area contributed by atoms with Crippen molar-refractivity contribution in [2.75, 3.05) is 25.9 Å². The lowest BCUT2D eigenvalue weighted by molar-refractivity contribution is 0.534. The molecule has 0 aromatic rings. The summed E-state index contributed by atoms with van der Waals surface area (Å²) in [5.41, 5.74) is 0. The molecule has 134 valence electrons. The summed E-state index contributed by atoms with van der Waals surface area (Å²) in [6.45, 7) is 10.9. The maximum absolute atomic E-state index is 12.0. The van der Waals surface area contributed by atoms with Crippen LogP contribution in [0.3, 0.4) is 0 Å². The Labute approximate surface area is 154 Å². The van der Waals surface area contributed by atoms with Crippen molar-refractivity contribution in [2.45, 2.75) is 58.6 Å². The van der Waals surface area contributed by atoms with Gasteiger partial charge in [0.1, 0.15) is 0 Å².